The van der Waals surface area contributed by atoms with Crippen LogP contribution in [-0.2, 0) is 24.5 Å². The zero-order valence-electron chi connectivity index (χ0n) is 16.9. The minimum absolute atomic E-state index is 0.101. The van der Waals surface area contributed by atoms with Crippen molar-refractivity contribution in [2.45, 2.75) is 18.3 Å². The van der Waals surface area contributed by atoms with Crippen LogP contribution < -0.4 is 0 Å². The molecule has 0 aromatic heterocycles. The van der Waals surface area contributed by atoms with Crippen LogP contribution in [0.4, 0.5) is 0 Å². The first-order valence-electron chi connectivity index (χ1n) is 9.79. The second-order valence-electron chi connectivity index (χ2n) is 7.02. The lowest BCUT2D eigenvalue weighted by Crippen LogP contribution is -2.41. The summed E-state index contributed by atoms with van der Waals surface area (Å²) in [5, 5.41) is 8.93. The summed E-state index contributed by atoms with van der Waals surface area (Å²) in [4.78, 5) is 37.0. The zero-order chi connectivity index (χ0) is 22.3. The van der Waals surface area contributed by atoms with Crippen LogP contribution >= 0.6 is 0 Å². The van der Waals surface area contributed by atoms with E-state index in [9.17, 15) is 14.4 Å². The quantitative estimate of drug-likeness (QED) is 0.254. The molecule has 0 saturated heterocycles. The number of aliphatic carboxylic acids is 1. The highest BCUT2D eigenvalue weighted by molar-refractivity contribution is 5.98. The second kappa shape index (κ2) is 9.67. The maximum Gasteiger partial charge on any atom is 0.333 e. The molecular weight excluding hydrogens is 392 g/mol. The summed E-state index contributed by atoms with van der Waals surface area (Å²) < 4.78 is 5.30. The lowest BCUT2D eigenvalue weighted by Gasteiger charge is -2.33. The molecule has 0 aliphatic heterocycles. The number of rotatable bonds is 8. The molecule has 0 radical (unpaired) electrons. The fourth-order valence-corrected chi connectivity index (χ4v) is 3.51. The van der Waals surface area contributed by atoms with E-state index in [1.54, 1.807) is 0 Å². The van der Waals surface area contributed by atoms with Gasteiger partial charge in [0.15, 0.2) is 0 Å². The Bertz CT molecular complexity index is 976. The fourth-order valence-electron chi connectivity index (χ4n) is 3.51. The first-order valence-corrected chi connectivity index (χ1v) is 9.79. The molecule has 0 aliphatic carbocycles. The van der Waals surface area contributed by atoms with Crippen molar-refractivity contribution < 1.29 is 24.2 Å². The third-order valence-corrected chi connectivity index (χ3v) is 5.07. The van der Waals surface area contributed by atoms with Crippen LogP contribution in [0.15, 0.2) is 103 Å². The summed E-state index contributed by atoms with van der Waals surface area (Å²) in [7, 11) is 0. The highest BCUT2D eigenvalue weighted by atomic mass is 16.6. The lowest BCUT2D eigenvalue weighted by atomic mass is 9.69. The van der Waals surface area contributed by atoms with Crippen molar-refractivity contribution in [3.05, 3.63) is 120 Å². The van der Waals surface area contributed by atoms with E-state index < -0.39 is 23.3 Å². The zero-order valence-corrected chi connectivity index (χ0v) is 16.9. The van der Waals surface area contributed by atoms with Crippen molar-refractivity contribution >= 4 is 17.9 Å². The molecule has 0 fully saturated rings. The molecular formula is C26H22O5. The third kappa shape index (κ3) is 4.61. The first-order chi connectivity index (χ1) is 15.0. The van der Waals surface area contributed by atoms with Gasteiger partial charge in [-0.2, -0.15) is 0 Å². The number of hydrogen-bond donors (Lipinski definition) is 1. The summed E-state index contributed by atoms with van der Waals surface area (Å²) in [6.45, 7) is 3.40. The Balaban J connectivity index is 2.07. The molecule has 1 N–H and O–H groups in total. The molecule has 3 rings (SSSR count). The monoisotopic (exact) mass is 414 g/mol. The number of hydrogen-bond acceptors (Lipinski definition) is 4. The molecule has 5 nitrogen and oxygen atoms in total. The van der Waals surface area contributed by atoms with Crippen molar-refractivity contribution in [3.63, 3.8) is 0 Å². The van der Waals surface area contributed by atoms with Gasteiger partial charge in [0.1, 0.15) is 5.41 Å². The highest BCUT2D eigenvalue weighted by Gasteiger charge is 2.46. The predicted octanol–water partition coefficient (Wildman–Crippen LogP) is 4.51. The molecule has 0 spiro atoms. The standard InChI is InChI=1S/C26H22O5/c1-19(24(28)29)17-18-23(27)31-25(30)26(20-11-5-2-6-12-20,21-13-7-3-8-14-21)22-15-9-4-10-16-22/h2-16H,1,17-18H2,(H,28,29). The van der Waals surface area contributed by atoms with E-state index >= 15 is 0 Å². The van der Waals surface area contributed by atoms with Gasteiger partial charge in [-0.15, -0.1) is 0 Å². The fraction of sp³-hybridized carbons (Fsp3) is 0.115. The lowest BCUT2D eigenvalue weighted by molar-refractivity contribution is -0.162. The molecule has 0 unspecified atom stereocenters. The van der Waals surface area contributed by atoms with Crippen LogP contribution in [0.2, 0.25) is 0 Å². The average Bonchev–Trinajstić information content (AvgIpc) is 2.80. The number of carboxylic acids is 1. The van der Waals surface area contributed by atoms with Crippen molar-refractivity contribution in [2.24, 2.45) is 0 Å². The summed E-state index contributed by atoms with van der Waals surface area (Å²) in [5.41, 5.74) is 0.466. The van der Waals surface area contributed by atoms with Crippen molar-refractivity contribution in [3.8, 4) is 0 Å². The number of ether oxygens (including phenoxy) is 1. The molecule has 0 saturated carbocycles. The van der Waals surface area contributed by atoms with E-state index in [0.717, 1.165) is 0 Å². The SMILES string of the molecule is C=C(CCC(=O)OC(=O)C(c1ccccc1)(c1ccccc1)c1ccccc1)C(=O)O. The molecule has 31 heavy (non-hydrogen) atoms. The average molecular weight is 414 g/mol. The smallest absolute Gasteiger partial charge is 0.333 e. The van der Waals surface area contributed by atoms with Gasteiger partial charge in [-0.1, -0.05) is 97.6 Å². The van der Waals surface area contributed by atoms with E-state index in [1.807, 2.05) is 91.0 Å². The van der Waals surface area contributed by atoms with E-state index in [4.69, 9.17) is 9.84 Å². The second-order valence-corrected chi connectivity index (χ2v) is 7.02. The van der Waals surface area contributed by atoms with Gasteiger partial charge in [-0.3, -0.25) is 4.79 Å². The Hall–Kier alpha value is -3.99. The summed E-state index contributed by atoms with van der Waals surface area (Å²) in [6.07, 6.45) is -0.359. The van der Waals surface area contributed by atoms with Gasteiger partial charge >= 0.3 is 17.9 Å². The van der Waals surface area contributed by atoms with Crippen LogP contribution in [0.1, 0.15) is 29.5 Å². The third-order valence-electron chi connectivity index (χ3n) is 5.07. The Morgan fingerprint density at radius 2 is 1.10 bits per heavy atom. The number of carbonyl (C=O) groups is 3. The molecule has 0 aliphatic rings. The number of benzene rings is 3. The summed E-state index contributed by atoms with van der Waals surface area (Å²) in [6, 6.07) is 27.4. The van der Waals surface area contributed by atoms with Gasteiger partial charge < -0.3 is 9.84 Å². The topological polar surface area (TPSA) is 80.7 Å². The van der Waals surface area contributed by atoms with Crippen LogP contribution in [0.3, 0.4) is 0 Å². The van der Waals surface area contributed by atoms with Crippen molar-refractivity contribution in [1.82, 2.24) is 0 Å². The van der Waals surface area contributed by atoms with E-state index in [2.05, 4.69) is 6.58 Å². The van der Waals surface area contributed by atoms with Crippen LogP contribution in [0.5, 0.6) is 0 Å². The minimum atomic E-state index is -1.37. The molecule has 0 atom stereocenters. The van der Waals surface area contributed by atoms with Crippen molar-refractivity contribution in [2.75, 3.05) is 0 Å². The molecule has 156 valence electrons. The van der Waals surface area contributed by atoms with Crippen molar-refractivity contribution in [1.29, 1.82) is 0 Å². The van der Waals surface area contributed by atoms with E-state index in [0.29, 0.717) is 16.7 Å². The van der Waals surface area contributed by atoms with Gasteiger partial charge in [0.25, 0.3) is 0 Å². The Kier molecular flexibility index (Phi) is 6.78. The molecule has 3 aromatic carbocycles. The molecule has 0 heterocycles. The van der Waals surface area contributed by atoms with E-state index in [-0.39, 0.29) is 18.4 Å². The minimum Gasteiger partial charge on any atom is -0.478 e. The van der Waals surface area contributed by atoms with Crippen LogP contribution in [0, 0.1) is 0 Å². The Labute approximate surface area is 180 Å². The maximum absolute atomic E-state index is 13.7. The predicted molar refractivity (Wildman–Crippen MR) is 116 cm³/mol. The van der Waals surface area contributed by atoms with Gasteiger partial charge in [-0.25, -0.2) is 9.59 Å². The van der Waals surface area contributed by atoms with Gasteiger partial charge in [-0.05, 0) is 23.1 Å². The first kappa shape index (κ1) is 21.7. The number of carboxylic acid groups (broad SMARTS) is 1. The van der Waals surface area contributed by atoms with Crippen LogP contribution in [0.25, 0.3) is 0 Å². The normalized spacial score (nSPS) is 10.8. The molecule has 0 amide bonds. The molecule has 0 bridgehead atoms. The maximum atomic E-state index is 13.7. The molecule has 3 aromatic rings. The largest absolute Gasteiger partial charge is 0.478 e. The van der Waals surface area contributed by atoms with Gasteiger partial charge in [0.2, 0.25) is 0 Å². The van der Waals surface area contributed by atoms with Gasteiger partial charge in [0.05, 0.1) is 6.42 Å². The summed E-state index contributed by atoms with van der Waals surface area (Å²) in [5.74, 6) is -2.74. The molecule has 5 heteroatoms. The van der Waals surface area contributed by atoms with Gasteiger partial charge in [0, 0.05) is 5.57 Å². The number of carbonyl (C=O) groups excluding carboxylic acids is 2. The van der Waals surface area contributed by atoms with E-state index in [1.165, 1.54) is 0 Å². The number of esters is 2. The summed E-state index contributed by atoms with van der Waals surface area (Å²) >= 11 is 0. The highest BCUT2D eigenvalue weighted by Crippen LogP contribution is 2.40. The Morgan fingerprint density at radius 1 is 0.710 bits per heavy atom. The Morgan fingerprint density at radius 3 is 1.45 bits per heavy atom. The van der Waals surface area contributed by atoms with Crippen LogP contribution in [-0.4, -0.2) is 23.0 Å².